The van der Waals surface area contributed by atoms with E-state index in [4.69, 9.17) is 9.47 Å². The summed E-state index contributed by atoms with van der Waals surface area (Å²) >= 11 is 0. The van der Waals surface area contributed by atoms with Gasteiger partial charge in [0.05, 0.1) is 23.7 Å². The van der Waals surface area contributed by atoms with Crippen molar-refractivity contribution < 1.29 is 34.1 Å². The molecule has 1 fully saturated rings. The van der Waals surface area contributed by atoms with E-state index < -0.39 is 23.8 Å². The van der Waals surface area contributed by atoms with Crippen molar-refractivity contribution in [1.82, 2.24) is 5.32 Å². The van der Waals surface area contributed by atoms with Gasteiger partial charge in [-0.15, -0.1) is 0 Å². The summed E-state index contributed by atoms with van der Waals surface area (Å²) in [4.78, 5) is 36.1. The third-order valence-corrected chi connectivity index (χ3v) is 8.44. The fourth-order valence-corrected chi connectivity index (χ4v) is 6.03. The molecule has 43 heavy (non-hydrogen) atoms. The van der Waals surface area contributed by atoms with Gasteiger partial charge in [-0.05, 0) is 110 Å². The van der Waals surface area contributed by atoms with E-state index in [2.05, 4.69) is 23.5 Å². The van der Waals surface area contributed by atoms with Crippen molar-refractivity contribution >= 4 is 17.8 Å². The van der Waals surface area contributed by atoms with Crippen LogP contribution in [0.25, 0.3) is 0 Å². The molecule has 2 aliphatic rings. The van der Waals surface area contributed by atoms with Gasteiger partial charge in [-0.3, -0.25) is 9.59 Å². The van der Waals surface area contributed by atoms with Crippen LogP contribution in [0.3, 0.4) is 0 Å². The number of hydrogen-bond donors (Lipinski definition) is 3. The van der Waals surface area contributed by atoms with Crippen LogP contribution in [0.4, 0.5) is 0 Å². The lowest BCUT2D eigenvalue weighted by Crippen LogP contribution is -2.40. The largest absolute Gasteiger partial charge is 0.493 e. The number of carboxylic acid groups (broad SMARTS) is 2. The molecule has 1 saturated carbocycles. The predicted octanol–water partition coefficient (Wildman–Crippen LogP) is 6.23. The number of carbonyl (C=O) groups is 3. The number of carboxylic acids is 2. The molecule has 2 atom stereocenters. The van der Waals surface area contributed by atoms with Crippen LogP contribution in [-0.4, -0.2) is 40.7 Å². The second-order valence-corrected chi connectivity index (χ2v) is 11.6. The van der Waals surface area contributed by atoms with Crippen molar-refractivity contribution in [2.24, 2.45) is 5.92 Å². The van der Waals surface area contributed by atoms with E-state index in [9.17, 15) is 24.6 Å². The van der Waals surface area contributed by atoms with Gasteiger partial charge < -0.3 is 25.0 Å². The lowest BCUT2D eigenvalue weighted by atomic mass is 9.85. The maximum Gasteiger partial charge on any atom is 0.335 e. The molecule has 8 nitrogen and oxygen atoms in total. The number of aryl methyl sites for hydroxylation is 3. The number of aromatic carboxylic acids is 1. The minimum atomic E-state index is -1.14. The number of aliphatic carboxylic acids is 1. The normalized spacial score (nSPS) is 17.9. The third-order valence-electron chi connectivity index (χ3n) is 8.44. The smallest absolute Gasteiger partial charge is 0.335 e. The third kappa shape index (κ3) is 8.15. The number of hydrogen-bond acceptors (Lipinski definition) is 5. The fraction of sp³-hybridized carbons (Fsp3) is 0.400. The van der Waals surface area contributed by atoms with E-state index in [0.717, 1.165) is 24.2 Å². The standard InChI is InChI=1S/C35H39NO7/c37-33(36-29-9-3-8-27(20-29)34(38)39)31-21-28(35(40)41)14-17-32(31)42-18-4-5-23-11-15-30(16-12-23)43-22-24-10-13-25-6-1-2-7-26(25)19-24/h10-17,19,21,27,29H,1-9,18,20,22H2,(H,36,37)(H,38,39)(H,40,41). The van der Waals surface area contributed by atoms with E-state index in [1.165, 1.54) is 54.2 Å². The topological polar surface area (TPSA) is 122 Å². The second-order valence-electron chi connectivity index (χ2n) is 11.6. The summed E-state index contributed by atoms with van der Waals surface area (Å²) in [5.74, 6) is -1.82. The number of fused-ring (bicyclic) bond motifs is 1. The van der Waals surface area contributed by atoms with Crippen LogP contribution in [0.2, 0.25) is 0 Å². The quantitative estimate of drug-likeness (QED) is 0.216. The van der Waals surface area contributed by atoms with Gasteiger partial charge in [0.2, 0.25) is 0 Å². The van der Waals surface area contributed by atoms with Crippen molar-refractivity contribution in [3.05, 3.63) is 94.0 Å². The molecular formula is C35H39NO7. The number of amides is 1. The van der Waals surface area contributed by atoms with Crippen LogP contribution in [0.15, 0.2) is 60.7 Å². The highest BCUT2D eigenvalue weighted by Crippen LogP contribution is 2.27. The first-order chi connectivity index (χ1) is 20.9. The number of carbonyl (C=O) groups excluding carboxylic acids is 1. The Labute approximate surface area is 252 Å². The van der Waals surface area contributed by atoms with Gasteiger partial charge >= 0.3 is 11.9 Å². The maximum atomic E-state index is 13.1. The zero-order valence-electron chi connectivity index (χ0n) is 24.3. The van der Waals surface area contributed by atoms with Gasteiger partial charge in [-0.1, -0.05) is 36.8 Å². The Balaban J connectivity index is 1.12. The molecular weight excluding hydrogens is 546 g/mol. The van der Waals surface area contributed by atoms with Crippen LogP contribution in [0, 0.1) is 5.92 Å². The zero-order chi connectivity index (χ0) is 30.2. The Morgan fingerprint density at radius 3 is 2.35 bits per heavy atom. The summed E-state index contributed by atoms with van der Waals surface area (Å²) in [6, 6.07) is 18.7. The zero-order valence-corrected chi connectivity index (χ0v) is 24.3. The van der Waals surface area contributed by atoms with Crippen molar-refractivity contribution in [3.8, 4) is 11.5 Å². The van der Waals surface area contributed by atoms with Gasteiger partial charge in [0, 0.05) is 6.04 Å². The monoisotopic (exact) mass is 585 g/mol. The van der Waals surface area contributed by atoms with Crippen LogP contribution in [-0.2, 0) is 30.7 Å². The highest BCUT2D eigenvalue weighted by molar-refractivity contribution is 6.00. The molecule has 226 valence electrons. The summed E-state index contributed by atoms with van der Waals surface area (Å²) in [6.07, 6.45) is 8.66. The van der Waals surface area contributed by atoms with E-state index in [1.54, 1.807) is 0 Å². The number of rotatable bonds is 12. The Bertz CT molecular complexity index is 1450. The Hall–Kier alpha value is -4.33. The summed E-state index contributed by atoms with van der Waals surface area (Å²) < 4.78 is 12.0. The van der Waals surface area contributed by atoms with Gasteiger partial charge in [-0.25, -0.2) is 4.79 Å². The van der Waals surface area contributed by atoms with Crippen LogP contribution in [0.1, 0.15) is 87.9 Å². The first kappa shape index (κ1) is 30.1. The molecule has 1 amide bonds. The molecule has 0 radical (unpaired) electrons. The molecule has 0 saturated heterocycles. The lowest BCUT2D eigenvalue weighted by molar-refractivity contribution is -0.143. The van der Waals surface area contributed by atoms with Crippen molar-refractivity contribution in [3.63, 3.8) is 0 Å². The molecule has 8 heteroatoms. The molecule has 5 rings (SSSR count). The average Bonchev–Trinajstić information content (AvgIpc) is 3.02. The number of nitrogens with one attached hydrogen (secondary N) is 1. The summed E-state index contributed by atoms with van der Waals surface area (Å²) in [6.45, 7) is 0.881. The Kier molecular flexibility index (Phi) is 9.97. The van der Waals surface area contributed by atoms with E-state index in [-0.39, 0.29) is 17.2 Å². The summed E-state index contributed by atoms with van der Waals surface area (Å²) in [7, 11) is 0. The van der Waals surface area contributed by atoms with Crippen molar-refractivity contribution in [2.45, 2.75) is 76.9 Å². The van der Waals surface area contributed by atoms with Crippen LogP contribution >= 0.6 is 0 Å². The SMILES string of the molecule is O=C(O)c1ccc(OCCCc2ccc(OCc3ccc4c(c3)CCCC4)cc2)c(C(=O)NC2CCCC(C(=O)O)C2)c1. The van der Waals surface area contributed by atoms with Crippen LogP contribution < -0.4 is 14.8 Å². The van der Waals surface area contributed by atoms with Gasteiger partial charge in [0.1, 0.15) is 18.1 Å². The minimum absolute atomic E-state index is 0.0153. The molecule has 0 heterocycles. The first-order valence-corrected chi connectivity index (χ1v) is 15.2. The molecule has 3 N–H and O–H groups in total. The van der Waals surface area contributed by atoms with Gasteiger partial charge in [0.25, 0.3) is 5.91 Å². The predicted molar refractivity (Wildman–Crippen MR) is 162 cm³/mol. The van der Waals surface area contributed by atoms with Gasteiger partial charge in [-0.2, -0.15) is 0 Å². The highest BCUT2D eigenvalue weighted by atomic mass is 16.5. The Morgan fingerprint density at radius 2 is 1.58 bits per heavy atom. The van der Waals surface area contributed by atoms with E-state index >= 15 is 0 Å². The molecule has 0 aliphatic heterocycles. The fourth-order valence-electron chi connectivity index (χ4n) is 6.03. The Morgan fingerprint density at radius 1 is 0.814 bits per heavy atom. The number of ether oxygens (including phenoxy) is 2. The van der Waals surface area contributed by atoms with Crippen LogP contribution in [0.5, 0.6) is 11.5 Å². The van der Waals surface area contributed by atoms with E-state index in [0.29, 0.717) is 51.1 Å². The van der Waals surface area contributed by atoms with Gasteiger partial charge in [0.15, 0.2) is 0 Å². The van der Waals surface area contributed by atoms with E-state index in [1.807, 2.05) is 24.3 Å². The van der Waals surface area contributed by atoms with Crippen molar-refractivity contribution in [1.29, 1.82) is 0 Å². The average molecular weight is 586 g/mol. The number of benzene rings is 3. The summed E-state index contributed by atoms with van der Waals surface area (Å²) in [5.41, 5.74) is 5.36. The molecule has 3 aromatic carbocycles. The molecule has 0 aromatic heterocycles. The summed E-state index contributed by atoms with van der Waals surface area (Å²) in [5, 5.41) is 21.7. The highest BCUT2D eigenvalue weighted by Gasteiger charge is 2.29. The van der Waals surface area contributed by atoms with Crippen molar-refractivity contribution in [2.75, 3.05) is 6.61 Å². The molecule has 2 aliphatic carbocycles. The lowest BCUT2D eigenvalue weighted by Gasteiger charge is -2.27. The second kappa shape index (κ2) is 14.2. The maximum absolute atomic E-state index is 13.1. The molecule has 0 spiro atoms. The minimum Gasteiger partial charge on any atom is -0.493 e. The molecule has 2 unspecified atom stereocenters. The molecule has 3 aromatic rings. The molecule has 0 bridgehead atoms. The first-order valence-electron chi connectivity index (χ1n) is 15.2.